The summed E-state index contributed by atoms with van der Waals surface area (Å²) >= 11 is 0. The number of hydrogen-bond donors (Lipinski definition) is 1. The van der Waals surface area contributed by atoms with Gasteiger partial charge in [-0.1, -0.05) is 51.1 Å². The Morgan fingerprint density at radius 2 is 1.71 bits per heavy atom. The highest BCUT2D eigenvalue weighted by Gasteiger charge is 2.34. The van der Waals surface area contributed by atoms with Gasteiger partial charge >= 0.3 is 0 Å². The molecule has 1 aliphatic rings. The van der Waals surface area contributed by atoms with E-state index in [2.05, 4.69) is 45.0 Å². The van der Waals surface area contributed by atoms with Crippen molar-refractivity contribution in [3.05, 3.63) is 59.2 Å². The van der Waals surface area contributed by atoms with Crippen LogP contribution in [0.4, 0.5) is 0 Å². The van der Waals surface area contributed by atoms with Gasteiger partial charge in [0, 0.05) is 5.56 Å². The first kappa shape index (κ1) is 13.9. The Kier molecular flexibility index (Phi) is 3.32. The molecule has 0 saturated carbocycles. The smallest absolute Gasteiger partial charge is 0.248 e. The molecule has 0 saturated heterocycles. The minimum absolute atomic E-state index is 0.376. The lowest BCUT2D eigenvalue weighted by molar-refractivity contribution is 0.100. The van der Waals surface area contributed by atoms with Crippen LogP contribution in [0.2, 0.25) is 0 Å². The molecule has 1 aliphatic carbocycles. The number of benzene rings is 2. The highest BCUT2D eigenvalue weighted by molar-refractivity contribution is 5.94. The Bertz CT molecular complexity index is 704. The number of carbonyl (C=O) groups is 1. The minimum atomic E-state index is -0.376. The third kappa shape index (κ3) is 2.15. The Hall–Kier alpha value is -2.09. The summed E-state index contributed by atoms with van der Waals surface area (Å²) in [5.74, 6) is 1.37. The topological polar surface area (TPSA) is 43.1 Å². The number of rotatable bonds is 2. The molecule has 0 bridgehead atoms. The molecule has 21 heavy (non-hydrogen) atoms. The lowest BCUT2D eigenvalue weighted by Crippen LogP contribution is -2.10. The second-order valence-corrected chi connectivity index (χ2v) is 6.19. The first-order chi connectivity index (χ1) is 10.0. The number of nitrogens with two attached hydrogens (primary N) is 1. The van der Waals surface area contributed by atoms with Gasteiger partial charge in [0.05, 0.1) is 0 Å². The molecule has 1 amide bonds. The predicted molar refractivity (Wildman–Crippen MR) is 86.4 cm³/mol. The molecule has 2 nitrogen and oxygen atoms in total. The second kappa shape index (κ2) is 5.03. The molecule has 2 N–H and O–H groups in total. The van der Waals surface area contributed by atoms with Crippen molar-refractivity contribution in [2.45, 2.75) is 32.6 Å². The number of fused-ring (bicyclic) bond motifs is 1. The van der Waals surface area contributed by atoms with Crippen molar-refractivity contribution in [2.75, 3.05) is 0 Å². The van der Waals surface area contributed by atoms with Crippen LogP contribution in [0.15, 0.2) is 42.5 Å². The summed E-state index contributed by atoms with van der Waals surface area (Å²) in [6.45, 7) is 6.92. The second-order valence-electron chi connectivity index (χ2n) is 6.19. The van der Waals surface area contributed by atoms with Crippen LogP contribution in [0.3, 0.4) is 0 Å². The van der Waals surface area contributed by atoms with Gasteiger partial charge in [-0.05, 0) is 52.1 Å². The largest absolute Gasteiger partial charge is 0.366 e. The fraction of sp³-hybridized carbons (Fsp3) is 0.316. The van der Waals surface area contributed by atoms with Crippen molar-refractivity contribution in [3.63, 3.8) is 0 Å². The molecule has 0 fully saturated rings. The highest BCUT2D eigenvalue weighted by Crippen LogP contribution is 2.49. The van der Waals surface area contributed by atoms with Crippen LogP contribution in [0.1, 0.15) is 54.1 Å². The van der Waals surface area contributed by atoms with Gasteiger partial charge in [-0.2, -0.15) is 0 Å². The van der Waals surface area contributed by atoms with E-state index < -0.39 is 0 Å². The Morgan fingerprint density at radius 1 is 1.00 bits per heavy atom. The molecule has 0 radical (unpaired) electrons. The molecule has 0 aliphatic heterocycles. The zero-order valence-electron chi connectivity index (χ0n) is 12.8. The van der Waals surface area contributed by atoms with Crippen LogP contribution in [0.5, 0.6) is 0 Å². The van der Waals surface area contributed by atoms with E-state index in [1.54, 1.807) is 6.07 Å². The third-order valence-electron chi connectivity index (χ3n) is 5.12. The average molecular weight is 279 g/mol. The number of primary amides is 1. The number of amides is 1. The molecule has 0 heterocycles. The predicted octanol–water partition coefficient (Wildman–Crippen LogP) is 4.31. The van der Waals surface area contributed by atoms with Crippen molar-refractivity contribution in [2.24, 2.45) is 11.7 Å². The van der Waals surface area contributed by atoms with E-state index in [0.29, 0.717) is 23.3 Å². The zero-order chi connectivity index (χ0) is 15.1. The molecule has 2 aromatic carbocycles. The monoisotopic (exact) mass is 279 g/mol. The molecule has 0 aromatic heterocycles. The highest BCUT2D eigenvalue weighted by atomic mass is 16.1. The Labute approximate surface area is 126 Å². The van der Waals surface area contributed by atoms with Crippen molar-refractivity contribution in [1.29, 1.82) is 0 Å². The van der Waals surface area contributed by atoms with E-state index >= 15 is 0 Å². The number of hydrogen-bond acceptors (Lipinski definition) is 1. The number of carbonyl (C=O) groups excluding carboxylic acids is 1. The third-order valence-corrected chi connectivity index (χ3v) is 5.12. The fourth-order valence-corrected chi connectivity index (χ4v) is 3.56. The fourth-order valence-electron chi connectivity index (χ4n) is 3.56. The summed E-state index contributed by atoms with van der Waals surface area (Å²) in [5.41, 5.74) is 11.2. The normalized spacial score (nSPS) is 23.9. The van der Waals surface area contributed by atoms with Crippen LogP contribution in [-0.2, 0) is 0 Å². The zero-order valence-corrected chi connectivity index (χ0v) is 12.8. The Morgan fingerprint density at radius 3 is 2.43 bits per heavy atom. The van der Waals surface area contributed by atoms with Crippen molar-refractivity contribution in [3.8, 4) is 11.1 Å². The molecule has 2 heteroatoms. The summed E-state index contributed by atoms with van der Waals surface area (Å²) in [4.78, 5) is 11.4. The molecular formula is C19H21NO. The van der Waals surface area contributed by atoms with Crippen molar-refractivity contribution < 1.29 is 4.79 Å². The minimum Gasteiger partial charge on any atom is -0.366 e. The maximum atomic E-state index is 11.4. The van der Waals surface area contributed by atoms with E-state index in [4.69, 9.17) is 5.73 Å². The van der Waals surface area contributed by atoms with Crippen molar-refractivity contribution >= 4 is 5.91 Å². The van der Waals surface area contributed by atoms with Crippen LogP contribution in [-0.4, -0.2) is 5.91 Å². The molecule has 108 valence electrons. The lowest BCUT2D eigenvalue weighted by Gasteiger charge is -2.15. The molecular weight excluding hydrogens is 258 g/mol. The summed E-state index contributed by atoms with van der Waals surface area (Å²) in [6, 6.07) is 14.1. The van der Waals surface area contributed by atoms with Gasteiger partial charge in [0.1, 0.15) is 0 Å². The summed E-state index contributed by atoms with van der Waals surface area (Å²) < 4.78 is 0. The van der Waals surface area contributed by atoms with E-state index in [0.717, 1.165) is 5.56 Å². The van der Waals surface area contributed by atoms with Gasteiger partial charge in [-0.3, -0.25) is 4.79 Å². The molecule has 3 unspecified atom stereocenters. The van der Waals surface area contributed by atoms with Gasteiger partial charge in [-0.15, -0.1) is 0 Å². The average Bonchev–Trinajstić information content (AvgIpc) is 2.72. The van der Waals surface area contributed by atoms with E-state index in [-0.39, 0.29) is 5.91 Å². The summed E-state index contributed by atoms with van der Waals surface area (Å²) in [7, 11) is 0. The molecule has 2 aromatic rings. The first-order valence-electron chi connectivity index (χ1n) is 7.53. The summed E-state index contributed by atoms with van der Waals surface area (Å²) in [5, 5.41) is 0. The molecule has 3 atom stereocenters. The standard InChI is InChI=1S/C19H21NO/c1-11-12(2)16-8-5-9-17(18(16)13(11)3)14-6-4-7-15(10-14)19(20)21/h4-13H,1-3H3,(H2,20,21). The van der Waals surface area contributed by atoms with Crippen LogP contribution >= 0.6 is 0 Å². The van der Waals surface area contributed by atoms with Crippen LogP contribution in [0.25, 0.3) is 11.1 Å². The van der Waals surface area contributed by atoms with Gasteiger partial charge in [0.15, 0.2) is 0 Å². The first-order valence-corrected chi connectivity index (χ1v) is 7.53. The van der Waals surface area contributed by atoms with Gasteiger partial charge in [0.2, 0.25) is 5.91 Å². The molecule has 3 rings (SSSR count). The molecule has 0 spiro atoms. The van der Waals surface area contributed by atoms with Gasteiger partial charge in [0.25, 0.3) is 0 Å². The lowest BCUT2D eigenvalue weighted by atomic mass is 9.89. The van der Waals surface area contributed by atoms with E-state index in [1.807, 2.05) is 12.1 Å². The van der Waals surface area contributed by atoms with Crippen molar-refractivity contribution in [1.82, 2.24) is 0 Å². The SMILES string of the molecule is CC1c2cccc(-c3cccc(C(N)=O)c3)c2C(C)C1C. The Balaban J connectivity index is 2.18. The van der Waals surface area contributed by atoms with E-state index in [1.165, 1.54) is 16.7 Å². The van der Waals surface area contributed by atoms with Crippen LogP contribution < -0.4 is 5.73 Å². The van der Waals surface area contributed by atoms with Gasteiger partial charge in [-0.25, -0.2) is 0 Å². The summed E-state index contributed by atoms with van der Waals surface area (Å²) in [6.07, 6.45) is 0. The maximum absolute atomic E-state index is 11.4. The quantitative estimate of drug-likeness (QED) is 0.874. The van der Waals surface area contributed by atoms with Crippen LogP contribution in [0, 0.1) is 5.92 Å². The van der Waals surface area contributed by atoms with E-state index in [9.17, 15) is 4.79 Å². The maximum Gasteiger partial charge on any atom is 0.248 e. The van der Waals surface area contributed by atoms with Gasteiger partial charge < -0.3 is 5.73 Å².